The lowest BCUT2D eigenvalue weighted by molar-refractivity contribution is -0.0105. The predicted molar refractivity (Wildman–Crippen MR) is 76.6 cm³/mol. The van der Waals surface area contributed by atoms with Gasteiger partial charge in [-0.15, -0.1) is 0 Å². The van der Waals surface area contributed by atoms with E-state index in [9.17, 15) is 4.79 Å². The third-order valence-electron chi connectivity index (χ3n) is 3.77. The molecule has 1 saturated carbocycles. The van der Waals surface area contributed by atoms with Crippen LogP contribution in [-0.2, 0) is 11.3 Å². The molecule has 1 heterocycles. The first-order valence-electron chi connectivity index (χ1n) is 7.17. The molecule has 0 spiro atoms. The fourth-order valence-corrected chi connectivity index (χ4v) is 2.97. The summed E-state index contributed by atoms with van der Waals surface area (Å²) in [6, 6.07) is 5.29. The van der Waals surface area contributed by atoms with Crippen LogP contribution in [0.1, 0.15) is 49.3 Å². The number of aromatic nitrogens is 1. The molecule has 1 aliphatic carbocycles. The second-order valence-corrected chi connectivity index (χ2v) is 5.84. The Morgan fingerprint density at radius 2 is 2.05 bits per heavy atom. The monoisotopic (exact) mass is 277 g/mol. The molecule has 1 fully saturated rings. The van der Waals surface area contributed by atoms with Gasteiger partial charge in [0, 0.05) is 0 Å². The Kier molecular flexibility index (Phi) is 5.09. The van der Waals surface area contributed by atoms with Gasteiger partial charge in [-0.3, -0.25) is 10.2 Å². The number of amides is 1. The first-order valence-corrected chi connectivity index (χ1v) is 7.17. The third-order valence-corrected chi connectivity index (χ3v) is 3.77. The number of ether oxygens (including phenoxy) is 1. The fraction of sp³-hybridized carbons (Fsp3) is 0.600. The van der Waals surface area contributed by atoms with Gasteiger partial charge >= 0.3 is 0 Å². The van der Waals surface area contributed by atoms with Crippen LogP contribution in [0, 0.1) is 11.8 Å². The number of nitrogens with two attached hydrogens (primary N) is 1. The Morgan fingerprint density at radius 1 is 1.35 bits per heavy atom. The van der Waals surface area contributed by atoms with E-state index < -0.39 is 0 Å². The molecule has 0 bridgehead atoms. The summed E-state index contributed by atoms with van der Waals surface area (Å²) < 4.78 is 5.95. The number of carbonyl (C=O) groups excluding carboxylic acids is 1. The summed E-state index contributed by atoms with van der Waals surface area (Å²) in [5.74, 6) is 6.15. The highest BCUT2D eigenvalue weighted by Crippen LogP contribution is 2.30. The van der Waals surface area contributed by atoms with Crippen LogP contribution >= 0.6 is 0 Å². The smallest absolute Gasteiger partial charge is 0.283 e. The number of hydrogen-bond donors (Lipinski definition) is 2. The van der Waals surface area contributed by atoms with Crippen LogP contribution in [0.5, 0.6) is 0 Å². The Labute approximate surface area is 119 Å². The topological polar surface area (TPSA) is 77.2 Å². The molecule has 1 aliphatic rings. The number of rotatable bonds is 4. The number of nitrogen functional groups attached to an aromatic ring is 1. The van der Waals surface area contributed by atoms with Crippen molar-refractivity contribution >= 4 is 5.91 Å². The molecule has 1 aromatic rings. The van der Waals surface area contributed by atoms with Crippen LogP contribution in [0.3, 0.4) is 0 Å². The van der Waals surface area contributed by atoms with Crippen molar-refractivity contribution in [1.29, 1.82) is 0 Å². The zero-order chi connectivity index (χ0) is 14.5. The lowest BCUT2D eigenvalue weighted by Crippen LogP contribution is -2.31. The van der Waals surface area contributed by atoms with E-state index in [1.54, 1.807) is 12.1 Å². The van der Waals surface area contributed by atoms with Crippen molar-refractivity contribution in [2.75, 3.05) is 0 Å². The van der Waals surface area contributed by atoms with E-state index in [0.29, 0.717) is 30.2 Å². The van der Waals surface area contributed by atoms with E-state index in [0.717, 1.165) is 18.5 Å². The summed E-state index contributed by atoms with van der Waals surface area (Å²) in [5.41, 5.74) is 3.16. The molecule has 0 aromatic carbocycles. The molecular weight excluding hydrogens is 254 g/mol. The first-order chi connectivity index (χ1) is 9.58. The van der Waals surface area contributed by atoms with Crippen molar-refractivity contribution in [1.82, 2.24) is 10.4 Å². The highest BCUT2D eigenvalue weighted by molar-refractivity contribution is 5.91. The van der Waals surface area contributed by atoms with E-state index >= 15 is 0 Å². The highest BCUT2D eigenvalue weighted by Gasteiger charge is 2.24. The van der Waals surface area contributed by atoms with E-state index in [1.165, 1.54) is 6.42 Å². The zero-order valence-corrected chi connectivity index (χ0v) is 12.1. The Hall–Kier alpha value is -1.46. The van der Waals surface area contributed by atoms with Crippen molar-refractivity contribution in [3.63, 3.8) is 0 Å². The van der Waals surface area contributed by atoms with Gasteiger partial charge in [-0.1, -0.05) is 19.9 Å². The first kappa shape index (κ1) is 14.9. The molecule has 3 N–H and O–H groups in total. The molecule has 2 atom stereocenters. The lowest BCUT2D eigenvalue weighted by atomic mass is 9.82. The summed E-state index contributed by atoms with van der Waals surface area (Å²) in [6.07, 6.45) is 3.78. The van der Waals surface area contributed by atoms with Crippen molar-refractivity contribution in [2.45, 2.75) is 45.8 Å². The molecule has 0 saturated heterocycles. The third kappa shape index (κ3) is 4.02. The highest BCUT2D eigenvalue weighted by atomic mass is 16.5. The Morgan fingerprint density at radius 3 is 2.70 bits per heavy atom. The van der Waals surface area contributed by atoms with Crippen LogP contribution in [0.25, 0.3) is 0 Å². The predicted octanol–water partition coefficient (Wildman–Crippen LogP) is 2.03. The van der Waals surface area contributed by atoms with E-state index in [-0.39, 0.29) is 5.91 Å². The minimum atomic E-state index is -0.383. The second kappa shape index (κ2) is 6.81. The standard InChI is InChI=1S/C15H23N3O2/c1-10-6-11(2)8-13(7-10)20-9-12-4-3-5-14(17-12)15(19)18-16/h3-5,10-11,13H,6-9,16H2,1-2H3,(H,18,19). The van der Waals surface area contributed by atoms with Gasteiger partial charge in [-0.05, 0) is 43.2 Å². The van der Waals surface area contributed by atoms with Crippen molar-refractivity contribution < 1.29 is 9.53 Å². The van der Waals surface area contributed by atoms with Gasteiger partial charge in [0.2, 0.25) is 0 Å². The SMILES string of the molecule is CC1CC(C)CC(OCc2cccc(C(=O)NN)n2)C1. The molecule has 2 rings (SSSR count). The molecule has 110 valence electrons. The number of carbonyl (C=O) groups is 1. The maximum Gasteiger partial charge on any atom is 0.283 e. The number of pyridine rings is 1. The fourth-order valence-electron chi connectivity index (χ4n) is 2.97. The van der Waals surface area contributed by atoms with Crippen LogP contribution < -0.4 is 11.3 Å². The van der Waals surface area contributed by atoms with Gasteiger partial charge in [0.05, 0.1) is 18.4 Å². The second-order valence-electron chi connectivity index (χ2n) is 5.84. The zero-order valence-electron chi connectivity index (χ0n) is 12.1. The molecule has 5 heteroatoms. The maximum atomic E-state index is 11.4. The average Bonchev–Trinajstić information content (AvgIpc) is 2.43. The normalized spacial score (nSPS) is 26.2. The maximum absolute atomic E-state index is 11.4. The summed E-state index contributed by atoms with van der Waals surface area (Å²) in [5, 5.41) is 0. The average molecular weight is 277 g/mol. The summed E-state index contributed by atoms with van der Waals surface area (Å²) in [4.78, 5) is 15.7. The number of nitrogens with one attached hydrogen (secondary N) is 1. The summed E-state index contributed by atoms with van der Waals surface area (Å²) >= 11 is 0. The van der Waals surface area contributed by atoms with Gasteiger partial charge in [0.1, 0.15) is 5.69 Å². The minimum absolute atomic E-state index is 0.294. The molecule has 20 heavy (non-hydrogen) atoms. The van der Waals surface area contributed by atoms with Crippen LogP contribution in [-0.4, -0.2) is 17.0 Å². The Bertz CT molecular complexity index is 454. The molecule has 1 amide bonds. The summed E-state index contributed by atoms with van der Waals surface area (Å²) in [7, 11) is 0. The van der Waals surface area contributed by atoms with Gasteiger partial charge in [0.15, 0.2) is 0 Å². The van der Waals surface area contributed by atoms with Gasteiger partial charge in [0.25, 0.3) is 5.91 Å². The number of nitrogens with zero attached hydrogens (tertiary/aromatic N) is 1. The van der Waals surface area contributed by atoms with Crippen LogP contribution in [0.4, 0.5) is 0 Å². The van der Waals surface area contributed by atoms with Crippen LogP contribution in [0.15, 0.2) is 18.2 Å². The minimum Gasteiger partial charge on any atom is -0.372 e. The van der Waals surface area contributed by atoms with E-state index in [1.807, 2.05) is 6.07 Å². The van der Waals surface area contributed by atoms with Gasteiger partial charge in [-0.2, -0.15) is 0 Å². The molecular formula is C15H23N3O2. The summed E-state index contributed by atoms with van der Waals surface area (Å²) in [6.45, 7) is 4.99. The Balaban J connectivity index is 1.92. The molecule has 0 aliphatic heterocycles. The molecule has 5 nitrogen and oxygen atoms in total. The molecule has 1 aromatic heterocycles. The van der Waals surface area contributed by atoms with Crippen molar-refractivity contribution in [2.24, 2.45) is 17.7 Å². The van der Waals surface area contributed by atoms with Crippen molar-refractivity contribution in [3.05, 3.63) is 29.6 Å². The van der Waals surface area contributed by atoms with Crippen molar-refractivity contribution in [3.8, 4) is 0 Å². The number of hydrazine groups is 1. The molecule has 0 radical (unpaired) electrons. The van der Waals surface area contributed by atoms with E-state index in [4.69, 9.17) is 10.6 Å². The number of hydrogen-bond acceptors (Lipinski definition) is 4. The van der Waals surface area contributed by atoms with Crippen LogP contribution in [0.2, 0.25) is 0 Å². The molecule has 2 unspecified atom stereocenters. The quantitative estimate of drug-likeness (QED) is 0.501. The van der Waals surface area contributed by atoms with Gasteiger partial charge in [-0.25, -0.2) is 10.8 Å². The largest absolute Gasteiger partial charge is 0.372 e. The lowest BCUT2D eigenvalue weighted by Gasteiger charge is -2.31. The van der Waals surface area contributed by atoms with E-state index in [2.05, 4.69) is 24.3 Å². The van der Waals surface area contributed by atoms with Gasteiger partial charge < -0.3 is 4.74 Å².